The molecule has 1 saturated carbocycles. The maximum absolute atomic E-state index is 3.77. The fraction of sp³-hybridized carbons (Fsp3) is 0.750. The average molecular weight is 280 g/mol. The molecule has 0 spiro atoms. The van der Waals surface area contributed by atoms with Crippen LogP contribution in [0.4, 0.5) is 0 Å². The second kappa shape index (κ2) is 6.38. The molecule has 0 aliphatic heterocycles. The molecule has 0 amide bonds. The summed E-state index contributed by atoms with van der Waals surface area (Å²) in [7, 11) is 4.52. The normalized spacial score (nSPS) is 20.7. The molecule has 1 aromatic heterocycles. The fourth-order valence-corrected chi connectivity index (χ4v) is 4.59. The lowest BCUT2D eigenvalue weighted by Gasteiger charge is -2.48. The van der Waals surface area contributed by atoms with Gasteiger partial charge in [-0.3, -0.25) is 0 Å². The van der Waals surface area contributed by atoms with Gasteiger partial charge in [0.25, 0.3) is 0 Å². The monoisotopic (exact) mass is 280 g/mol. The van der Waals surface area contributed by atoms with E-state index in [-0.39, 0.29) is 0 Å². The Morgan fingerprint density at radius 3 is 2.42 bits per heavy atom. The molecule has 0 saturated heterocycles. The fourth-order valence-electron chi connectivity index (χ4n) is 3.53. The third-order valence-corrected chi connectivity index (χ3v) is 5.67. The quantitative estimate of drug-likeness (QED) is 0.878. The molecule has 2 nitrogen and oxygen atoms in total. The van der Waals surface area contributed by atoms with Crippen LogP contribution in [0.15, 0.2) is 12.1 Å². The molecule has 2 rings (SSSR count). The van der Waals surface area contributed by atoms with Crippen molar-refractivity contribution in [2.45, 2.75) is 57.5 Å². The third kappa shape index (κ3) is 3.04. The molecule has 108 valence electrons. The van der Waals surface area contributed by atoms with Crippen molar-refractivity contribution in [1.82, 2.24) is 10.2 Å². The highest BCUT2D eigenvalue weighted by atomic mass is 32.1. The lowest BCUT2D eigenvalue weighted by atomic mass is 9.74. The Bertz CT molecular complexity index is 391. The molecular formula is C16H28N2S. The molecule has 1 atom stereocenters. The van der Waals surface area contributed by atoms with Crippen LogP contribution in [0.25, 0.3) is 0 Å². The van der Waals surface area contributed by atoms with Crippen LogP contribution in [0.5, 0.6) is 0 Å². The van der Waals surface area contributed by atoms with E-state index < -0.39 is 0 Å². The van der Waals surface area contributed by atoms with E-state index in [1.165, 1.54) is 41.9 Å². The highest BCUT2D eigenvalue weighted by Gasteiger charge is 2.42. The number of nitrogens with zero attached hydrogens (tertiary/aromatic N) is 1. The van der Waals surface area contributed by atoms with Crippen molar-refractivity contribution in [1.29, 1.82) is 0 Å². The zero-order valence-corrected chi connectivity index (χ0v) is 13.6. The zero-order valence-electron chi connectivity index (χ0n) is 12.8. The van der Waals surface area contributed by atoms with E-state index in [9.17, 15) is 0 Å². The summed E-state index contributed by atoms with van der Waals surface area (Å²) in [5, 5.41) is 3.77. The van der Waals surface area contributed by atoms with Crippen LogP contribution in [0, 0.1) is 6.92 Å². The first kappa shape index (κ1) is 15.0. The molecule has 1 N–H and O–H groups in total. The van der Waals surface area contributed by atoms with Crippen LogP contribution >= 0.6 is 11.3 Å². The van der Waals surface area contributed by atoms with Gasteiger partial charge < -0.3 is 10.2 Å². The van der Waals surface area contributed by atoms with Gasteiger partial charge in [0.15, 0.2) is 0 Å². The van der Waals surface area contributed by atoms with E-state index in [0.29, 0.717) is 11.6 Å². The Hall–Kier alpha value is -0.380. The molecule has 1 heterocycles. The Kier molecular flexibility index (Phi) is 5.04. The number of nitrogens with one attached hydrogen (secondary N) is 1. The lowest BCUT2D eigenvalue weighted by Crippen LogP contribution is -2.54. The Morgan fingerprint density at radius 2 is 1.95 bits per heavy atom. The molecule has 0 aromatic carbocycles. The Morgan fingerprint density at radius 1 is 1.26 bits per heavy atom. The van der Waals surface area contributed by atoms with Gasteiger partial charge in [-0.25, -0.2) is 0 Å². The van der Waals surface area contributed by atoms with E-state index >= 15 is 0 Å². The Labute approximate surface area is 122 Å². The van der Waals surface area contributed by atoms with Gasteiger partial charge in [-0.05, 0) is 52.5 Å². The van der Waals surface area contributed by atoms with Gasteiger partial charge in [0.2, 0.25) is 0 Å². The summed E-state index contributed by atoms with van der Waals surface area (Å²) >= 11 is 1.96. The van der Waals surface area contributed by atoms with E-state index in [1.807, 2.05) is 11.3 Å². The smallest absolute Gasteiger partial charge is 0.0601 e. The van der Waals surface area contributed by atoms with Crippen molar-refractivity contribution in [3.05, 3.63) is 21.9 Å². The minimum Gasteiger partial charge on any atom is -0.308 e. The molecule has 0 radical (unpaired) electrons. The van der Waals surface area contributed by atoms with E-state index in [4.69, 9.17) is 0 Å². The number of aryl methyl sites for hydroxylation is 1. The van der Waals surface area contributed by atoms with Crippen LogP contribution < -0.4 is 5.32 Å². The maximum Gasteiger partial charge on any atom is 0.0601 e. The summed E-state index contributed by atoms with van der Waals surface area (Å²) in [5.41, 5.74) is 0.297. The number of thiophene rings is 1. The van der Waals surface area contributed by atoms with Crippen molar-refractivity contribution >= 4 is 11.3 Å². The molecule has 1 unspecified atom stereocenters. The number of hydrogen-bond acceptors (Lipinski definition) is 3. The summed E-state index contributed by atoms with van der Waals surface area (Å²) in [6, 6.07) is 5.07. The van der Waals surface area contributed by atoms with Crippen molar-refractivity contribution in [2.75, 3.05) is 20.6 Å². The van der Waals surface area contributed by atoms with E-state index in [0.717, 1.165) is 6.54 Å². The predicted octanol–water partition coefficient (Wildman–Crippen LogP) is 3.97. The van der Waals surface area contributed by atoms with Crippen molar-refractivity contribution in [3.8, 4) is 0 Å². The van der Waals surface area contributed by atoms with E-state index in [1.54, 1.807) is 0 Å². The van der Waals surface area contributed by atoms with Crippen LogP contribution in [0.2, 0.25) is 0 Å². The third-order valence-electron chi connectivity index (χ3n) is 4.60. The minimum atomic E-state index is 0.297. The molecule has 1 aliphatic rings. The van der Waals surface area contributed by atoms with Gasteiger partial charge in [0.05, 0.1) is 6.04 Å². The standard InChI is InChI=1S/C16H28N2S/c1-5-17-15(14-10-9-13(2)19-14)16(18(3)4)11-7-6-8-12-16/h9-10,15,17H,5-8,11-12H2,1-4H3. The first-order valence-corrected chi connectivity index (χ1v) is 8.39. The van der Waals surface area contributed by atoms with Gasteiger partial charge in [-0.1, -0.05) is 26.2 Å². The van der Waals surface area contributed by atoms with Gasteiger partial charge in [0.1, 0.15) is 0 Å². The van der Waals surface area contributed by atoms with Crippen molar-refractivity contribution in [3.63, 3.8) is 0 Å². The highest BCUT2D eigenvalue weighted by Crippen LogP contribution is 2.43. The summed E-state index contributed by atoms with van der Waals surface area (Å²) < 4.78 is 0. The van der Waals surface area contributed by atoms with Crippen LogP contribution in [0.1, 0.15) is 54.8 Å². The topological polar surface area (TPSA) is 15.3 Å². The summed E-state index contributed by atoms with van der Waals surface area (Å²) in [6.45, 7) is 5.47. The largest absolute Gasteiger partial charge is 0.308 e. The first-order chi connectivity index (χ1) is 9.10. The molecule has 3 heteroatoms. The van der Waals surface area contributed by atoms with Gasteiger partial charge in [0, 0.05) is 15.3 Å². The molecule has 19 heavy (non-hydrogen) atoms. The van der Waals surface area contributed by atoms with Gasteiger partial charge in [-0.2, -0.15) is 0 Å². The second-order valence-electron chi connectivity index (χ2n) is 6.00. The number of hydrogen-bond donors (Lipinski definition) is 1. The SMILES string of the molecule is CCNC(c1ccc(C)s1)C1(N(C)C)CCCCC1. The van der Waals surface area contributed by atoms with Gasteiger partial charge >= 0.3 is 0 Å². The summed E-state index contributed by atoms with van der Waals surface area (Å²) in [5.74, 6) is 0. The molecular weight excluding hydrogens is 252 g/mol. The highest BCUT2D eigenvalue weighted by molar-refractivity contribution is 7.12. The number of rotatable bonds is 5. The predicted molar refractivity (Wildman–Crippen MR) is 85.0 cm³/mol. The minimum absolute atomic E-state index is 0.297. The van der Waals surface area contributed by atoms with Crippen molar-refractivity contribution in [2.24, 2.45) is 0 Å². The van der Waals surface area contributed by atoms with Crippen LogP contribution in [0.3, 0.4) is 0 Å². The molecule has 1 aliphatic carbocycles. The average Bonchev–Trinajstić information content (AvgIpc) is 2.83. The first-order valence-electron chi connectivity index (χ1n) is 7.57. The van der Waals surface area contributed by atoms with Gasteiger partial charge in [-0.15, -0.1) is 11.3 Å². The summed E-state index contributed by atoms with van der Waals surface area (Å²) in [4.78, 5) is 5.41. The van der Waals surface area contributed by atoms with Crippen LogP contribution in [-0.4, -0.2) is 31.1 Å². The molecule has 0 bridgehead atoms. The van der Waals surface area contributed by atoms with Crippen LogP contribution in [-0.2, 0) is 0 Å². The second-order valence-corrected chi connectivity index (χ2v) is 7.32. The van der Waals surface area contributed by atoms with Crippen molar-refractivity contribution < 1.29 is 0 Å². The lowest BCUT2D eigenvalue weighted by molar-refractivity contribution is 0.0583. The number of likely N-dealkylation sites (N-methyl/N-ethyl adjacent to an activating group) is 2. The summed E-state index contributed by atoms with van der Waals surface area (Å²) in [6.07, 6.45) is 6.76. The molecule has 1 aromatic rings. The molecule has 1 fully saturated rings. The van der Waals surface area contributed by atoms with E-state index in [2.05, 4.69) is 50.3 Å². The maximum atomic E-state index is 3.77. The zero-order chi connectivity index (χ0) is 13.9. The Balaban J connectivity index is 2.33.